The molecule has 1 saturated heterocycles. The van der Waals surface area contributed by atoms with Gasteiger partial charge in [-0.3, -0.25) is 4.99 Å². The number of nitrogens with one attached hydrogen (secondary N) is 2. The van der Waals surface area contributed by atoms with Gasteiger partial charge in [0.15, 0.2) is 5.96 Å². The topological polar surface area (TPSA) is 77.0 Å². The first-order chi connectivity index (χ1) is 13.2. The fourth-order valence-corrected chi connectivity index (χ4v) is 4.06. The molecular weight excluding hydrogens is 522 g/mol. The molecule has 1 heterocycles. The van der Waals surface area contributed by atoms with Crippen LogP contribution in [0.4, 0.5) is 13.2 Å². The lowest BCUT2D eigenvalue weighted by Crippen LogP contribution is -2.51. The average Bonchev–Trinajstić information content (AvgIpc) is 2.64. The summed E-state index contributed by atoms with van der Waals surface area (Å²) in [5, 5.41) is 6.35. The number of hydrogen-bond donors (Lipinski definition) is 2. The van der Waals surface area contributed by atoms with E-state index in [1.54, 1.807) is 0 Å². The zero-order valence-corrected chi connectivity index (χ0v) is 20.6. The molecule has 174 valence electrons. The van der Waals surface area contributed by atoms with Crippen LogP contribution in [-0.4, -0.2) is 80.9 Å². The zero-order valence-electron chi connectivity index (χ0n) is 17.5. The van der Waals surface area contributed by atoms with Crippen molar-refractivity contribution in [3.63, 3.8) is 0 Å². The maximum atomic E-state index is 12.6. The van der Waals surface area contributed by atoms with E-state index in [9.17, 15) is 21.6 Å². The van der Waals surface area contributed by atoms with Gasteiger partial charge in [-0.2, -0.15) is 17.5 Å². The normalized spacial score (nSPS) is 17.3. The quantitative estimate of drug-likeness (QED) is 0.187. The fourth-order valence-electron chi connectivity index (χ4n) is 3.08. The summed E-state index contributed by atoms with van der Waals surface area (Å²) in [7, 11) is -5.24. The number of unbranched alkanes of at least 4 members (excludes halogenated alkanes) is 1. The van der Waals surface area contributed by atoms with E-state index in [1.165, 1.54) is 0 Å². The summed E-state index contributed by atoms with van der Waals surface area (Å²) >= 11 is 0. The summed E-state index contributed by atoms with van der Waals surface area (Å²) in [5.74, 6) is 0.627. The number of guanidine groups is 1. The van der Waals surface area contributed by atoms with Crippen LogP contribution in [0.2, 0.25) is 0 Å². The zero-order chi connectivity index (χ0) is 21.2. The molecule has 2 N–H and O–H groups in total. The number of sulfonamides is 1. The van der Waals surface area contributed by atoms with E-state index >= 15 is 0 Å². The number of aliphatic imine (C=N–C) groups is 1. The van der Waals surface area contributed by atoms with Crippen molar-refractivity contribution in [2.45, 2.75) is 58.0 Å². The summed E-state index contributed by atoms with van der Waals surface area (Å²) in [6.07, 6.45) is 2.62. The molecule has 0 aromatic rings. The molecule has 1 rings (SSSR count). The summed E-state index contributed by atoms with van der Waals surface area (Å²) in [6, 6.07) is -0.104. The molecule has 29 heavy (non-hydrogen) atoms. The summed E-state index contributed by atoms with van der Waals surface area (Å²) in [5.41, 5.74) is -5.24. The van der Waals surface area contributed by atoms with Crippen molar-refractivity contribution in [3.8, 4) is 0 Å². The van der Waals surface area contributed by atoms with Gasteiger partial charge in [-0.05, 0) is 52.2 Å². The maximum absolute atomic E-state index is 12.6. The van der Waals surface area contributed by atoms with Crippen LogP contribution in [0.1, 0.15) is 46.5 Å². The van der Waals surface area contributed by atoms with Crippen LogP contribution in [0.3, 0.4) is 0 Å². The molecular formula is C17H35F3IN5O2S. The average molecular weight is 557 g/mol. The fraction of sp³-hybridized carbons (Fsp3) is 0.941. The molecule has 0 amide bonds. The number of rotatable bonds is 10. The second kappa shape index (κ2) is 13.9. The molecule has 0 radical (unpaired) electrons. The Balaban J connectivity index is 0.00000784. The van der Waals surface area contributed by atoms with E-state index in [-0.39, 0.29) is 43.1 Å². The molecule has 0 atom stereocenters. The SMILES string of the molecule is CCNC(=NCCCCN(CC)CC)NC1CCN(S(=O)(=O)C(F)(F)F)CC1.I. The first-order valence-electron chi connectivity index (χ1n) is 9.99. The van der Waals surface area contributed by atoms with Gasteiger partial charge >= 0.3 is 15.5 Å². The van der Waals surface area contributed by atoms with E-state index in [0.717, 1.165) is 32.5 Å². The van der Waals surface area contributed by atoms with Crippen LogP contribution in [0.5, 0.6) is 0 Å². The van der Waals surface area contributed by atoms with Crippen molar-refractivity contribution < 1.29 is 21.6 Å². The highest BCUT2D eigenvalue weighted by atomic mass is 127. The Labute approximate surface area is 189 Å². The monoisotopic (exact) mass is 557 g/mol. The first kappa shape index (κ1) is 28.7. The highest BCUT2D eigenvalue weighted by molar-refractivity contribution is 14.0. The molecule has 7 nitrogen and oxygen atoms in total. The number of halogens is 4. The maximum Gasteiger partial charge on any atom is 0.511 e. The molecule has 0 spiro atoms. The van der Waals surface area contributed by atoms with E-state index in [2.05, 4.69) is 34.4 Å². The van der Waals surface area contributed by atoms with Crippen LogP contribution >= 0.6 is 24.0 Å². The van der Waals surface area contributed by atoms with Gasteiger partial charge in [0.05, 0.1) is 0 Å². The first-order valence-corrected chi connectivity index (χ1v) is 11.4. The molecule has 0 saturated carbocycles. The summed E-state index contributed by atoms with van der Waals surface area (Å²) < 4.78 is 61.4. The Morgan fingerprint density at radius 1 is 1.14 bits per heavy atom. The molecule has 0 unspecified atom stereocenters. The molecule has 12 heteroatoms. The minimum Gasteiger partial charge on any atom is -0.357 e. The molecule has 0 aromatic heterocycles. The lowest BCUT2D eigenvalue weighted by molar-refractivity contribution is -0.0494. The van der Waals surface area contributed by atoms with Crippen molar-refractivity contribution in [2.75, 3.05) is 45.8 Å². The van der Waals surface area contributed by atoms with Crippen molar-refractivity contribution in [2.24, 2.45) is 4.99 Å². The van der Waals surface area contributed by atoms with Gasteiger partial charge in [-0.25, -0.2) is 8.42 Å². The number of hydrogen-bond acceptors (Lipinski definition) is 4. The van der Waals surface area contributed by atoms with Crippen LogP contribution in [0, 0.1) is 0 Å². The lowest BCUT2D eigenvalue weighted by atomic mass is 10.1. The Hall–Kier alpha value is -0.340. The molecule has 0 bridgehead atoms. The van der Waals surface area contributed by atoms with Crippen molar-refractivity contribution in [3.05, 3.63) is 0 Å². The van der Waals surface area contributed by atoms with Crippen LogP contribution < -0.4 is 10.6 Å². The van der Waals surface area contributed by atoms with Gasteiger partial charge < -0.3 is 15.5 Å². The van der Waals surface area contributed by atoms with Gasteiger partial charge in [0.1, 0.15) is 0 Å². The van der Waals surface area contributed by atoms with Crippen molar-refractivity contribution >= 4 is 40.0 Å². The van der Waals surface area contributed by atoms with E-state index < -0.39 is 15.5 Å². The second-order valence-electron chi connectivity index (χ2n) is 6.76. The van der Waals surface area contributed by atoms with E-state index in [1.807, 2.05) is 6.92 Å². The third-order valence-corrected chi connectivity index (χ3v) is 6.45. The largest absolute Gasteiger partial charge is 0.511 e. The van der Waals surface area contributed by atoms with Gasteiger partial charge in [-0.15, -0.1) is 24.0 Å². The number of alkyl halides is 3. The van der Waals surface area contributed by atoms with Crippen molar-refractivity contribution in [1.29, 1.82) is 0 Å². The predicted octanol–water partition coefficient (Wildman–Crippen LogP) is 2.60. The number of piperidine rings is 1. The van der Waals surface area contributed by atoms with Crippen LogP contribution in [0.15, 0.2) is 4.99 Å². The third kappa shape index (κ3) is 9.55. The lowest BCUT2D eigenvalue weighted by Gasteiger charge is -2.32. The van der Waals surface area contributed by atoms with Gasteiger partial charge in [-0.1, -0.05) is 13.8 Å². The highest BCUT2D eigenvalue weighted by Gasteiger charge is 2.50. The molecule has 1 aliphatic heterocycles. The van der Waals surface area contributed by atoms with Gasteiger partial charge in [0.2, 0.25) is 0 Å². The standard InChI is InChI=1S/C17H34F3N5O2S.HI/c1-4-21-16(22-11-7-8-12-24(5-2)6-3)23-15-9-13-25(14-10-15)28(26,27)17(18,19)20;/h15H,4-14H2,1-3H3,(H2,21,22,23);1H. The second-order valence-corrected chi connectivity index (χ2v) is 8.69. The van der Waals surface area contributed by atoms with Gasteiger partial charge in [0, 0.05) is 32.2 Å². The van der Waals surface area contributed by atoms with E-state index in [4.69, 9.17) is 0 Å². The molecule has 1 fully saturated rings. The number of nitrogens with zero attached hydrogens (tertiary/aromatic N) is 3. The summed E-state index contributed by atoms with van der Waals surface area (Å²) in [6.45, 7) is 10.4. The molecule has 0 aromatic carbocycles. The Kier molecular flexibility index (Phi) is 13.7. The molecule has 0 aliphatic carbocycles. The van der Waals surface area contributed by atoms with Crippen LogP contribution in [-0.2, 0) is 10.0 Å². The predicted molar refractivity (Wildman–Crippen MR) is 121 cm³/mol. The third-order valence-electron chi connectivity index (χ3n) is 4.82. The Morgan fingerprint density at radius 2 is 1.72 bits per heavy atom. The summed E-state index contributed by atoms with van der Waals surface area (Å²) in [4.78, 5) is 6.88. The highest BCUT2D eigenvalue weighted by Crippen LogP contribution is 2.28. The minimum atomic E-state index is -5.24. The van der Waals surface area contributed by atoms with Crippen LogP contribution in [0.25, 0.3) is 0 Å². The minimum absolute atomic E-state index is 0. The Bertz CT molecular complexity index is 578. The molecule has 1 aliphatic rings. The smallest absolute Gasteiger partial charge is 0.357 e. The Morgan fingerprint density at radius 3 is 2.21 bits per heavy atom. The van der Waals surface area contributed by atoms with Crippen molar-refractivity contribution in [1.82, 2.24) is 19.8 Å². The van der Waals surface area contributed by atoms with E-state index in [0.29, 0.717) is 36.2 Å². The van der Waals surface area contributed by atoms with Gasteiger partial charge in [0.25, 0.3) is 0 Å².